The quantitative estimate of drug-likeness (QED) is 0.609. The normalized spacial score (nSPS) is 12.6. The zero-order chi connectivity index (χ0) is 11.4. The van der Waals surface area contributed by atoms with Gasteiger partial charge in [-0.15, -0.1) is 0 Å². The van der Waals surface area contributed by atoms with Crippen LogP contribution in [0, 0.1) is 6.92 Å². The second-order valence-electron chi connectivity index (χ2n) is 3.90. The van der Waals surface area contributed by atoms with Crippen molar-refractivity contribution in [2.45, 2.75) is 19.4 Å². The lowest BCUT2D eigenvalue weighted by molar-refractivity contribution is 0.511. The molecular formula is C13H16N2O. The van der Waals surface area contributed by atoms with Crippen molar-refractivity contribution < 1.29 is 4.42 Å². The first-order valence-corrected chi connectivity index (χ1v) is 5.34. The third kappa shape index (κ3) is 2.51. The number of hydrogen-bond acceptors (Lipinski definition) is 3. The van der Waals surface area contributed by atoms with E-state index in [4.69, 9.17) is 10.3 Å². The van der Waals surface area contributed by atoms with Crippen molar-refractivity contribution in [2.24, 2.45) is 5.84 Å². The van der Waals surface area contributed by atoms with Crippen molar-refractivity contribution in [3.8, 4) is 0 Å². The first-order chi connectivity index (χ1) is 7.79. The van der Waals surface area contributed by atoms with E-state index in [2.05, 4.69) is 17.6 Å². The molecule has 0 radical (unpaired) electrons. The number of nitrogens with two attached hydrogens (primary N) is 1. The Bertz CT molecular complexity index is 436. The summed E-state index contributed by atoms with van der Waals surface area (Å²) in [5.41, 5.74) is 5.16. The Morgan fingerprint density at radius 1 is 1.31 bits per heavy atom. The van der Waals surface area contributed by atoms with Gasteiger partial charge < -0.3 is 4.42 Å². The molecule has 0 aliphatic carbocycles. The van der Waals surface area contributed by atoms with Crippen LogP contribution in [0.25, 0.3) is 0 Å². The maximum atomic E-state index is 5.57. The van der Waals surface area contributed by atoms with Crippen molar-refractivity contribution in [3.63, 3.8) is 0 Å². The molecule has 16 heavy (non-hydrogen) atoms. The van der Waals surface area contributed by atoms with Crippen molar-refractivity contribution in [1.29, 1.82) is 0 Å². The number of hydrazine groups is 1. The van der Waals surface area contributed by atoms with Crippen molar-refractivity contribution in [1.82, 2.24) is 5.43 Å². The molecule has 0 saturated carbocycles. The molecule has 2 rings (SSSR count). The summed E-state index contributed by atoms with van der Waals surface area (Å²) in [6, 6.07) is 12.4. The van der Waals surface area contributed by atoms with Crippen LogP contribution in [0.1, 0.15) is 22.9 Å². The standard InChI is InChI=1S/C13H16N2O/c1-10-7-12(9-16-10)13(15-14)8-11-5-3-2-4-6-11/h2-7,9,13,15H,8,14H2,1H3. The summed E-state index contributed by atoms with van der Waals surface area (Å²) in [5, 5.41) is 0. The average molecular weight is 216 g/mol. The van der Waals surface area contributed by atoms with Crippen LogP contribution in [0.4, 0.5) is 0 Å². The van der Waals surface area contributed by atoms with E-state index in [0.717, 1.165) is 17.7 Å². The molecule has 1 unspecified atom stereocenters. The van der Waals surface area contributed by atoms with Gasteiger partial charge in [-0.2, -0.15) is 0 Å². The van der Waals surface area contributed by atoms with E-state index in [1.54, 1.807) is 6.26 Å². The van der Waals surface area contributed by atoms with Crippen LogP contribution in [0.2, 0.25) is 0 Å². The van der Waals surface area contributed by atoms with Crippen LogP contribution in [-0.4, -0.2) is 0 Å². The summed E-state index contributed by atoms with van der Waals surface area (Å²) in [7, 11) is 0. The minimum atomic E-state index is 0.0971. The van der Waals surface area contributed by atoms with Crippen molar-refractivity contribution in [3.05, 3.63) is 59.5 Å². The van der Waals surface area contributed by atoms with Gasteiger partial charge >= 0.3 is 0 Å². The predicted octanol–water partition coefficient (Wildman–Crippen LogP) is 2.34. The molecule has 1 atom stereocenters. The Labute approximate surface area is 95.2 Å². The molecule has 0 aliphatic rings. The van der Waals surface area contributed by atoms with Crippen molar-refractivity contribution in [2.75, 3.05) is 0 Å². The molecule has 3 N–H and O–H groups in total. The number of aryl methyl sites for hydroxylation is 1. The Morgan fingerprint density at radius 3 is 2.62 bits per heavy atom. The zero-order valence-electron chi connectivity index (χ0n) is 9.31. The lowest BCUT2D eigenvalue weighted by Crippen LogP contribution is -2.29. The first kappa shape index (κ1) is 10.9. The minimum absolute atomic E-state index is 0.0971. The number of rotatable bonds is 4. The van der Waals surface area contributed by atoms with Crippen LogP contribution in [0.15, 0.2) is 47.1 Å². The topological polar surface area (TPSA) is 51.2 Å². The molecule has 0 bridgehead atoms. The fraction of sp³-hybridized carbons (Fsp3) is 0.231. The van der Waals surface area contributed by atoms with Gasteiger partial charge in [0.25, 0.3) is 0 Å². The fourth-order valence-electron chi connectivity index (χ4n) is 1.77. The van der Waals surface area contributed by atoms with E-state index in [1.165, 1.54) is 5.56 Å². The maximum Gasteiger partial charge on any atom is 0.101 e. The number of benzene rings is 1. The van der Waals surface area contributed by atoms with Gasteiger partial charge in [0.05, 0.1) is 12.3 Å². The zero-order valence-corrected chi connectivity index (χ0v) is 9.31. The highest BCUT2D eigenvalue weighted by atomic mass is 16.3. The van der Waals surface area contributed by atoms with E-state index in [0.29, 0.717) is 0 Å². The summed E-state index contributed by atoms with van der Waals surface area (Å²) in [6.45, 7) is 1.93. The summed E-state index contributed by atoms with van der Waals surface area (Å²) < 4.78 is 5.29. The molecular weight excluding hydrogens is 200 g/mol. The fourth-order valence-corrected chi connectivity index (χ4v) is 1.77. The molecule has 2 aromatic rings. The Balaban J connectivity index is 2.12. The molecule has 1 aromatic carbocycles. The van der Waals surface area contributed by atoms with Crippen LogP contribution >= 0.6 is 0 Å². The highest BCUT2D eigenvalue weighted by Gasteiger charge is 2.12. The van der Waals surface area contributed by atoms with Gasteiger partial charge in [0.1, 0.15) is 5.76 Å². The molecule has 0 aliphatic heterocycles. The molecule has 1 aromatic heterocycles. The molecule has 0 spiro atoms. The number of nitrogens with one attached hydrogen (secondary N) is 1. The monoisotopic (exact) mass is 216 g/mol. The Hall–Kier alpha value is -1.58. The van der Waals surface area contributed by atoms with E-state index < -0.39 is 0 Å². The van der Waals surface area contributed by atoms with Crippen molar-refractivity contribution >= 4 is 0 Å². The Morgan fingerprint density at radius 2 is 2.06 bits per heavy atom. The van der Waals surface area contributed by atoms with Crippen LogP contribution in [0.5, 0.6) is 0 Å². The van der Waals surface area contributed by atoms with Gasteiger partial charge in [0.2, 0.25) is 0 Å². The van der Waals surface area contributed by atoms with E-state index in [-0.39, 0.29) is 6.04 Å². The molecule has 1 heterocycles. The van der Waals surface area contributed by atoms with E-state index >= 15 is 0 Å². The van der Waals surface area contributed by atoms with Gasteiger partial charge in [-0.25, -0.2) is 0 Å². The van der Waals surface area contributed by atoms with E-state index in [1.807, 2.05) is 31.2 Å². The number of furan rings is 1. The summed E-state index contributed by atoms with van der Waals surface area (Å²) in [6.07, 6.45) is 2.61. The van der Waals surface area contributed by atoms with E-state index in [9.17, 15) is 0 Å². The molecule has 84 valence electrons. The lowest BCUT2D eigenvalue weighted by Gasteiger charge is -2.13. The number of hydrogen-bond donors (Lipinski definition) is 2. The molecule has 0 saturated heterocycles. The third-order valence-electron chi connectivity index (χ3n) is 2.64. The van der Waals surface area contributed by atoms with Crippen LogP contribution in [0.3, 0.4) is 0 Å². The van der Waals surface area contributed by atoms with Gasteiger partial charge in [0, 0.05) is 5.56 Å². The minimum Gasteiger partial charge on any atom is -0.469 e. The summed E-state index contributed by atoms with van der Waals surface area (Å²) in [5.74, 6) is 6.48. The second-order valence-corrected chi connectivity index (χ2v) is 3.90. The summed E-state index contributed by atoms with van der Waals surface area (Å²) in [4.78, 5) is 0. The highest BCUT2D eigenvalue weighted by molar-refractivity contribution is 5.22. The Kier molecular flexibility index (Phi) is 3.39. The average Bonchev–Trinajstić information content (AvgIpc) is 2.74. The summed E-state index contributed by atoms with van der Waals surface area (Å²) >= 11 is 0. The van der Waals surface area contributed by atoms with Gasteiger partial charge in [-0.3, -0.25) is 11.3 Å². The maximum absolute atomic E-state index is 5.57. The predicted molar refractivity (Wildman–Crippen MR) is 63.7 cm³/mol. The smallest absolute Gasteiger partial charge is 0.101 e. The van der Waals surface area contributed by atoms with Crippen LogP contribution < -0.4 is 11.3 Å². The molecule has 3 heteroatoms. The molecule has 3 nitrogen and oxygen atoms in total. The van der Waals surface area contributed by atoms with Gasteiger partial charge in [0.15, 0.2) is 0 Å². The second kappa shape index (κ2) is 4.96. The van der Waals surface area contributed by atoms with Crippen LogP contribution in [-0.2, 0) is 6.42 Å². The SMILES string of the molecule is Cc1cc(C(Cc2ccccc2)NN)co1. The molecule has 0 fully saturated rings. The van der Waals surface area contributed by atoms with Gasteiger partial charge in [-0.1, -0.05) is 30.3 Å². The highest BCUT2D eigenvalue weighted by Crippen LogP contribution is 2.19. The third-order valence-corrected chi connectivity index (χ3v) is 2.64. The molecule has 0 amide bonds. The lowest BCUT2D eigenvalue weighted by atomic mass is 10.0. The largest absolute Gasteiger partial charge is 0.469 e. The first-order valence-electron chi connectivity index (χ1n) is 5.34. The van der Waals surface area contributed by atoms with Gasteiger partial charge in [-0.05, 0) is 25.0 Å².